The number of benzene rings is 1. The summed E-state index contributed by atoms with van der Waals surface area (Å²) in [5, 5.41) is 0. The van der Waals surface area contributed by atoms with E-state index in [0.717, 1.165) is 5.56 Å². The van der Waals surface area contributed by atoms with Crippen molar-refractivity contribution in [3.63, 3.8) is 0 Å². The highest BCUT2D eigenvalue weighted by Crippen LogP contribution is 2.04. The van der Waals surface area contributed by atoms with E-state index in [2.05, 4.69) is 39.0 Å². The molecular weight excluding hydrogens is 248 g/mol. The molecule has 0 aromatic heterocycles. The second kappa shape index (κ2) is 9.13. The van der Waals surface area contributed by atoms with Gasteiger partial charge in [0, 0.05) is 0 Å². The van der Waals surface area contributed by atoms with Crippen LogP contribution in [-0.2, 0) is 16.0 Å². The molecule has 0 radical (unpaired) electrons. The van der Waals surface area contributed by atoms with E-state index >= 15 is 0 Å². The minimum atomic E-state index is -0.189. The van der Waals surface area contributed by atoms with Gasteiger partial charge in [-0.1, -0.05) is 75.4 Å². The second-order valence-corrected chi connectivity index (χ2v) is 5.26. The molecule has 20 heavy (non-hydrogen) atoms. The number of allylic oxidation sites excluding steroid dienone is 3. The fourth-order valence-corrected chi connectivity index (χ4v) is 1.69. The van der Waals surface area contributed by atoms with E-state index in [4.69, 9.17) is 4.74 Å². The quantitative estimate of drug-likeness (QED) is 0.550. The number of hydrogen-bond donors (Lipinski definition) is 0. The van der Waals surface area contributed by atoms with Gasteiger partial charge in [-0.15, -0.1) is 0 Å². The third-order valence-electron chi connectivity index (χ3n) is 2.77. The van der Waals surface area contributed by atoms with E-state index in [1.54, 1.807) is 0 Å². The summed E-state index contributed by atoms with van der Waals surface area (Å²) in [6.07, 6.45) is 8.62. The Morgan fingerprint density at radius 3 is 2.45 bits per heavy atom. The largest absolute Gasteiger partial charge is 0.461 e. The van der Waals surface area contributed by atoms with Gasteiger partial charge >= 0.3 is 5.97 Å². The summed E-state index contributed by atoms with van der Waals surface area (Å²) in [5.74, 6) is 0.742. The predicted molar refractivity (Wildman–Crippen MR) is 83.4 cm³/mol. The lowest BCUT2D eigenvalue weighted by Crippen LogP contribution is -2.07. The number of carbonyl (C=O) groups excluding carboxylic acids is 1. The van der Waals surface area contributed by atoms with Crippen molar-refractivity contribution in [3.05, 3.63) is 60.2 Å². The Hall–Kier alpha value is -1.83. The Labute approximate surface area is 122 Å². The highest BCUT2D eigenvalue weighted by Gasteiger charge is 2.02. The minimum Gasteiger partial charge on any atom is -0.461 e. The van der Waals surface area contributed by atoms with Crippen LogP contribution in [0.15, 0.2) is 54.6 Å². The zero-order chi connectivity index (χ0) is 14.8. The van der Waals surface area contributed by atoms with Gasteiger partial charge in [-0.3, -0.25) is 4.79 Å². The molecule has 1 rings (SSSR count). The standard InChI is InChI=1S/C18H24O2/c1-15(2)11-12-16(3)8-7-13-20-18(19)14-17-9-5-4-6-10-17/h4-12,15-16H,13-14H2,1-3H3/b8-7+,12-11+. The fraction of sp³-hybridized carbons (Fsp3) is 0.389. The normalized spacial score (nSPS) is 13.2. The lowest BCUT2D eigenvalue weighted by atomic mass is 10.1. The van der Waals surface area contributed by atoms with Gasteiger partial charge in [0.1, 0.15) is 6.61 Å². The maximum absolute atomic E-state index is 11.6. The van der Waals surface area contributed by atoms with Gasteiger partial charge in [-0.25, -0.2) is 0 Å². The molecular formula is C18H24O2. The fourth-order valence-electron chi connectivity index (χ4n) is 1.69. The Balaban J connectivity index is 2.25. The van der Waals surface area contributed by atoms with Crippen LogP contribution in [0.5, 0.6) is 0 Å². The molecule has 0 aliphatic heterocycles. The van der Waals surface area contributed by atoms with E-state index in [9.17, 15) is 4.79 Å². The highest BCUT2D eigenvalue weighted by molar-refractivity contribution is 5.72. The van der Waals surface area contributed by atoms with E-state index < -0.39 is 0 Å². The van der Waals surface area contributed by atoms with Crippen molar-refractivity contribution in [1.29, 1.82) is 0 Å². The number of carbonyl (C=O) groups is 1. The molecule has 1 aromatic carbocycles. The monoisotopic (exact) mass is 272 g/mol. The van der Waals surface area contributed by atoms with Crippen molar-refractivity contribution in [2.45, 2.75) is 27.2 Å². The Kier molecular flexibility index (Phi) is 7.41. The Morgan fingerprint density at radius 1 is 1.10 bits per heavy atom. The zero-order valence-corrected chi connectivity index (χ0v) is 12.6. The third kappa shape index (κ3) is 7.57. The van der Waals surface area contributed by atoms with Gasteiger partial charge in [-0.2, -0.15) is 0 Å². The van der Waals surface area contributed by atoms with Crippen LogP contribution in [0, 0.1) is 11.8 Å². The number of esters is 1. The Bertz CT molecular complexity index is 444. The molecule has 0 saturated carbocycles. The molecule has 0 bridgehead atoms. The predicted octanol–water partition coefficient (Wildman–Crippen LogP) is 4.18. The lowest BCUT2D eigenvalue weighted by molar-refractivity contribution is -0.141. The topological polar surface area (TPSA) is 26.3 Å². The molecule has 0 fully saturated rings. The maximum atomic E-state index is 11.6. The van der Waals surface area contributed by atoms with Crippen LogP contribution in [0.4, 0.5) is 0 Å². The first-order valence-electron chi connectivity index (χ1n) is 7.12. The summed E-state index contributed by atoms with van der Waals surface area (Å²) in [5.41, 5.74) is 0.981. The van der Waals surface area contributed by atoms with Gasteiger partial charge in [-0.05, 0) is 17.4 Å². The first-order chi connectivity index (χ1) is 9.58. The number of ether oxygens (including phenoxy) is 1. The van der Waals surface area contributed by atoms with Crippen molar-refractivity contribution in [3.8, 4) is 0 Å². The molecule has 0 N–H and O–H groups in total. The van der Waals surface area contributed by atoms with Crippen LogP contribution < -0.4 is 0 Å². The maximum Gasteiger partial charge on any atom is 0.310 e. The average molecular weight is 272 g/mol. The van der Waals surface area contributed by atoms with E-state index in [1.807, 2.05) is 36.4 Å². The van der Waals surface area contributed by atoms with Gasteiger partial charge < -0.3 is 4.74 Å². The molecule has 2 heteroatoms. The van der Waals surface area contributed by atoms with Crippen molar-refractivity contribution >= 4 is 5.97 Å². The van der Waals surface area contributed by atoms with Gasteiger partial charge in [0.15, 0.2) is 0 Å². The molecule has 1 atom stereocenters. The van der Waals surface area contributed by atoms with Gasteiger partial charge in [0.25, 0.3) is 0 Å². The SMILES string of the molecule is CC(C)/C=C/C(C)/C=C/COC(=O)Cc1ccccc1. The van der Waals surface area contributed by atoms with Gasteiger partial charge in [0.2, 0.25) is 0 Å². The third-order valence-corrected chi connectivity index (χ3v) is 2.77. The molecule has 2 nitrogen and oxygen atoms in total. The lowest BCUT2D eigenvalue weighted by Gasteiger charge is -2.03. The first kappa shape index (κ1) is 16.2. The molecule has 0 saturated heterocycles. The molecule has 0 spiro atoms. The Morgan fingerprint density at radius 2 is 1.80 bits per heavy atom. The molecule has 1 aromatic rings. The van der Waals surface area contributed by atoms with Crippen molar-refractivity contribution in [2.24, 2.45) is 11.8 Å². The number of rotatable bonds is 7. The second-order valence-electron chi connectivity index (χ2n) is 5.26. The summed E-state index contributed by atoms with van der Waals surface area (Å²) in [6.45, 7) is 6.75. The smallest absolute Gasteiger partial charge is 0.310 e. The van der Waals surface area contributed by atoms with Gasteiger partial charge in [0.05, 0.1) is 6.42 Å². The van der Waals surface area contributed by atoms with Crippen LogP contribution in [0.25, 0.3) is 0 Å². The molecule has 0 aliphatic rings. The van der Waals surface area contributed by atoms with Crippen LogP contribution in [-0.4, -0.2) is 12.6 Å². The van der Waals surface area contributed by atoms with Crippen LogP contribution >= 0.6 is 0 Å². The van der Waals surface area contributed by atoms with Crippen molar-refractivity contribution < 1.29 is 9.53 Å². The summed E-state index contributed by atoms with van der Waals surface area (Å²) < 4.78 is 5.17. The zero-order valence-electron chi connectivity index (χ0n) is 12.6. The average Bonchev–Trinajstić information content (AvgIpc) is 2.42. The molecule has 1 unspecified atom stereocenters. The van der Waals surface area contributed by atoms with Crippen LogP contribution in [0.1, 0.15) is 26.3 Å². The number of hydrogen-bond acceptors (Lipinski definition) is 2. The van der Waals surface area contributed by atoms with Crippen molar-refractivity contribution in [1.82, 2.24) is 0 Å². The molecule has 108 valence electrons. The van der Waals surface area contributed by atoms with Crippen LogP contribution in [0.3, 0.4) is 0 Å². The molecule has 0 heterocycles. The van der Waals surface area contributed by atoms with Crippen LogP contribution in [0.2, 0.25) is 0 Å². The first-order valence-corrected chi connectivity index (χ1v) is 7.12. The molecule has 0 amide bonds. The highest BCUT2D eigenvalue weighted by atomic mass is 16.5. The van der Waals surface area contributed by atoms with E-state index in [0.29, 0.717) is 24.9 Å². The summed E-state index contributed by atoms with van der Waals surface area (Å²) in [6, 6.07) is 9.63. The molecule has 0 aliphatic carbocycles. The van der Waals surface area contributed by atoms with Crippen molar-refractivity contribution in [2.75, 3.05) is 6.61 Å². The van der Waals surface area contributed by atoms with E-state index in [1.165, 1.54) is 0 Å². The summed E-state index contributed by atoms with van der Waals surface area (Å²) >= 11 is 0. The summed E-state index contributed by atoms with van der Waals surface area (Å²) in [7, 11) is 0. The minimum absolute atomic E-state index is 0.189. The van der Waals surface area contributed by atoms with E-state index in [-0.39, 0.29) is 5.97 Å². The summed E-state index contributed by atoms with van der Waals surface area (Å²) in [4.78, 5) is 11.6.